The van der Waals surface area contributed by atoms with Crippen molar-refractivity contribution in [2.75, 3.05) is 13.2 Å². The monoisotopic (exact) mass is 372 g/mol. The smallest absolute Gasteiger partial charge is 0.340 e. The average Bonchev–Trinajstić information content (AvgIpc) is 2.50. The number of rotatable bonds is 13. The lowest BCUT2D eigenvalue weighted by Crippen LogP contribution is -2.49. The summed E-state index contributed by atoms with van der Waals surface area (Å²) in [7, 11) is 0. The van der Waals surface area contributed by atoms with Crippen LogP contribution in [-0.2, 0) is 24.2 Å². The zero-order chi connectivity index (χ0) is 19.8. The van der Waals surface area contributed by atoms with E-state index in [1.165, 1.54) is 0 Å². The normalized spacial score (nSPS) is 16.7. The van der Waals surface area contributed by atoms with E-state index in [9.17, 15) is 29.7 Å². The average molecular weight is 372 g/mol. The molecule has 0 saturated carbocycles. The van der Waals surface area contributed by atoms with Gasteiger partial charge < -0.3 is 40.9 Å². The maximum atomic E-state index is 11.2. The number of carbonyl (C=O) groups is 3. The Hall–Kier alpha value is -1.87. The van der Waals surface area contributed by atoms with E-state index < -0.39 is 74.0 Å². The van der Waals surface area contributed by atoms with E-state index in [0.29, 0.717) is 0 Å². The minimum Gasteiger partial charge on any atom is -0.481 e. The van der Waals surface area contributed by atoms with Gasteiger partial charge in [0.2, 0.25) is 5.60 Å². The van der Waals surface area contributed by atoms with Gasteiger partial charge in [-0.05, 0) is 0 Å². The Kier molecular flexibility index (Phi) is 9.43. The minimum atomic E-state index is -2.80. The predicted molar refractivity (Wildman–Crippen MR) is 73.0 cm³/mol. The molecule has 4 atom stereocenters. The van der Waals surface area contributed by atoms with Gasteiger partial charge in [-0.15, -0.1) is 0 Å². The lowest BCUT2D eigenvalue weighted by Gasteiger charge is -2.28. The first kappa shape index (κ1) is 23.1. The summed E-state index contributed by atoms with van der Waals surface area (Å²) in [6, 6.07) is 0. The van der Waals surface area contributed by atoms with Crippen LogP contribution in [-0.4, -0.2) is 102 Å². The Morgan fingerprint density at radius 3 is 1.64 bits per heavy atom. The van der Waals surface area contributed by atoms with Crippen LogP contribution in [0.3, 0.4) is 0 Å². The Morgan fingerprint density at radius 2 is 1.28 bits per heavy atom. The lowest BCUT2D eigenvalue weighted by atomic mass is 9.96. The molecule has 13 heteroatoms. The first-order valence-electron chi connectivity index (χ1n) is 6.77. The molecule has 0 aromatic carbocycles. The molecule has 0 bridgehead atoms. The Bertz CT molecular complexity index is 448. The number of aliphatic carboxylic acids is 3. The van der Waals surface area contributed by atoms with E-state index in [1.807, 2.05) is 0 Å². The number of carboxylic acids is 3. The number of carboxylic acid groups (broad SMARTS) is 3. The van der Waals surface area contributed by atoms with Gasteiger partial charge in [0.15, 0.2) is 0 Å². The fourth-order valence-electron chi connectivity index (χ4n) is 1.68. The summed E-state index contributed by atoms with van der Waals surface area (Å²) in [6.07, 6.45) is -10.3. The molecule has 8 N–H and O–H groups in total. The highest BCUT2D eigenvalue weighted by atomic mass is 17.2. The van der Waals surface area contributed by atoms with E-state index >= 15 is 0 Å². The summed E-state index contributed by atoms with van der Waals surface area (Å²) in [5.74, 6) is -5.35. The largest absolute Gasteiger partial charge is 0.481 e. The highest BCUT2D eigenvalue weighted by molar-refractivity contribution is 5.88. The number of aliphatic hydroxyl groups excluding tert-OH is 5. The molecule has 0 rings (SSSR count). The lowest BCUT2D eigenvalue weighted by molar-refractivity contribution is -0.365. The number of aliphatic hydroxyl groups is 5. The fraction of sp³-hybridized carbons (Fsp3) is 0.750. The molecular weight excluding hydrogens is 352 g/mol. The van der Waals surface area contributed by atoms with Crippen LogP contribution in [0.4, 0.5) is 0 Å². The second kappa shape index (κ2) is 10.2. The Labute approximate surface area is 140 Å². The fourth-order valence-corrected chi connectivity index (χ4v) is 1.68. The second-order valence-electron chi connectivity index (χ2n) is 5.11. The van der Waals surface area contributed by atoms with Crippen molar-refractivity contribution in [2.24, 2.45) is 0 Å². The van der Waals surface area contributed by atoms with Crippen molar-refractivity contribution in [3.8, 4) is 0 Å². The number of hydrogen-bond acceptors (Lipinski definition) is 10. The minimum absolute atomic E-state index is 0.929. The van der Waals surface area contributed by atoms with Crippen molar-refractivity contribution in [3.05, 3.63) is 0 Å². The second-order valence-corrected chi connectivity index (χ2v) is 5.11. The molecule has 25 heavy (non-hydrogen) atoms. The Balaban J connectivity index is 4.92. The summed E-state index contributed by atoms with van der Waals surface area (Å²) in [5.41, 5.74) is -2.80. The summed E-state index contributed by atoms with van der Waals surface area (Å²) < 4.78 is 0. The van der Waals surface area contributed by atoms with Crippen LogP contribution in [0, 0.1) is 0 Å². The molecule has 0 fully saturated rings. The van der Waals surface area contributed by atoms with Gasteiger partial charge in [0, 0.05) is 0 Å². The molecule has 0 aromatic rings. The van der Waals surface area contributed by atoms with Crippen LogP contribution >= 0.6 is 0 Å². The van der Waals surface area contributed by atoms with Crippen LogP contribution in [0.2, 0.25) is 0 Å². The van der Waals surface area contributed by atoms with Gasteiger partial charge >= 0.3 is 17.9 Å². The highest BCUT2D eigenvalue weighted by Gasteiger charge is 2.46. The molecule has 0 aliphatic heterocycles. The van der Waals surface area contributed by atoms with Gasteiger partial charge in [-0.1, -0.05) is 0 Å². The van der Waals surface area contributed by atoms with Crippen molar-refractivity contribution in [3.63, 3.8) is 0 Å². The third-order valence-electron chi connectivity index (χ3n) is 3.05. The maximum absolute atomic E-state index is 11.2. The van der Waals surface area contributed by atoms with Crippen molar-refractivity contribution in [2.45, 2.75) is 42.9 Å². The summed E-state index contributed by atoms with van der Waals surface area (Å²) in [5, 5.41) is 72.6. The number of hydrogen-bond donors (Lipinski definition) is 8. The summed E-state index contributed by atoms with van der Waals surface area (Å²) in [4.78, 5) is 41.4. The van der Waals surface area contributed by atoms with Gasteiger partial charge in [0.1, 0.15) is 31.0 Å². The Morgan fingerprint density at radius 1 is 0.840 bits per heavy atom. The van der Waals surface area contributed by atoms with Crippen LogP contribution in [0.5, 0.6) is 0 Å². The van der Waals surface area contributed by atoms with Gasteiger partial charge in [-0.3, -0.25) is 9.59 Å². The molecule has 0 aromatic heterocycles. The van der Waals surface area contributed by atoms with Crippen LogP contribution < -0.4 is 0 Å². The van der Waals surface area contributed by atoms with E-state index in [2.05, 4.69) is 9.78 Å². The molecule has 0 saturated heterocycles. The molecule has 0 amide bonds. The molecule has 0 unspecified atom stereocenters. The zero-order valence-electron chi connectivity index (χ0n) is 12.8. The zero-order valence-corrected chi connectivity index (χ0v) is 12.8. The van der Waals surface area contributed by atoms with Gasteiger partial charge in [-0.2, -0.15) is 0 Å². The van der Waals surface area contributed by atoms with E-state index in [-0.39, 0.29) is 0 Å². The van der Waals surface area contributed by atoms with Crippen LogP contribution in [0.1, 0.15) is 12.8 Å². The quantitative estimate of drug-likeness (QED) is 0.114. The predicted octanol–water partition coefficient (Wildman–Crippen LogP) is -3.86. The highest BCUT2D eigenvalue weighted by Crippen LogP contribution is 2.23. The molecule has 0 aliphatic carbocycles. The van der Waals surface area contributed by atoms with Crippen molar-refractivity contribution < 1.29 is 65.0 Å². The third kappa shape index (κ3) is 7.27. The molecule has 0 aliphatic rings. The summed E-state index contributed by atoms with van der Waals surface area (Å²) in [6.45, 7) is -1.94. The molecule has 146 valence electrons. The first-order chi connectivity index (χ1) is 11.5. The van der Waals surface area contributed by atoms with E-state index in [1.54, 1.807) is 0 Å². The van der Waals surface area contributed by atoms with E-state index in [0.717, 1.165) is 0 Å². The third-order valence-corrected chi connectivity index (χ3v) is 3.05. The van der Waals surface area contributed by atoms with E-state index in [4.69, 9.17) is 25.5 Å². The molecule has 13 nitrogen and oxygen atoms in total. The molecule has 0 radical (unpaired) electrons. The van der Waals surface area contributed by atoms with Crippen LogP contribution in [0.25, 0.3) is 0 Å². The SMILES string of the molecule is O=C(O)CC(CC(=O)O)(OOC[C@H](O)[C@@H](O)[C@H](O)[C@H](O)CO)C(=O)O. The molecular formula is C12H20O13. The standard InChI is InChI=1S/C12H20O13/c13-3-5(14)9(20)10(21)6(15)4-24-25-12(11(22)23,1-7(16)17)2-8(18)19/h5-6,9-10,13-15,20-21H,1-4H2,(H,16,17)(H,18,19)(H,22,23)/t5-,6+,9-,10-/m1/s1. The first-order valence-corrected chi connectivity index (χ1v) is 6.77. The topological polar surface area (TPSA) is 232 Å². The summed E-state index contributed by atoms with van der Waals surface area (Å²) >= 11 is 0. The van der Waals surface area contributed by atoms with Gasteiger partial charge in [-0.25, -0.2) is 14.6 Å². The van der Waals surface area contributed by atoms with Crippen molar-refractivity contribution in [1.82, 2.24) is 0 Å². The molecule has 0 spiro atoms. The van der Waals surface area contributed by atoms with Gasteiger partial charge in [0.25, 0.3) is 0 Å². The van der Waals surface area contributed by atoms with Gasteiger partial charge in [0.05, 0.1) is 19.4 Å². The maximum Gasteiger partial charge on any atom is 0.340 e. The molecule has 0 heterocycles. The van der Waals surface area contributed by atoms with Crippen molar-refractivity contribution >= 4 is 17.9 Å². The van der Waals surface area contributed by atoms with Crippen LogP contribution in [0.15, 0.2) is 0 Å². The van der Waals surface area contributed by atoms with Crippen molar-refractivity contribution in [1.29, 1.82) is 0 Å².